The molecule has 0 unspecified atom stereocenters. The van der Waals surface area contributed by atoms with Gasteiger partial charge in [-0.25, -0.2) is 0 Å². The summed E-state index contributed by atoms with van der Waals surface area (Å²) in [4.78, 5) is 20.7. The molecule has 0 atom stereocenters. The van der Waals surface area contributed by atoms with Gasteiger partial charge in [-0.2, -0.15) is 0 Å². The summed E-state index contributed by atoms with van der Waals surface area (Å²) in [6.07, 6.45) is 38.7. The van der Waals surface area contributed by atoms with Gasteiger partial charge in [0.2, 0.25) is 0 Å². The third-order valence-corrected chi connectivity index (χ3v) is 6.51. The molecule has 0 aromatic heterocycles. The lowest BCUT2D eigenvalue weighted by Crippen LogP contribution is -1.93. The summed E-state index contributed by atoms with van der Waals surface area (Å²) >= 11 is 0. The second-order valence-electron chi connectivity index (χ2n) is 10.5. The van der Waals surface area contributed by atoms with E-state index in [4.69, 9.17) is 13.0 Å². The van der Waals surface area contributed by atoms with Crippen LogP contribution in [0.4, 0.5) is 0 Å². The second kappa shape index (κ2) is 36.9. The highest BCUT2D eigenvalue weighted by molar-refractivity contribution is 5.66. The van der Waals surface area contributed by atoms with Gasteiger partial charge in [-0.3, -0.25) is 9.59 Å². The normalized spacial score (nSPS) is 12.8. The Morgan fingerprint density at radius 2 is 0.800 bits per heavy atom. The van der Waals surface area contributed by atoms with Crippen LogP contribution < -0.4 is 0 Å². The van der Waals surface area contributed by atoms with Crippen molar-refractivity contribution in [3.8, 4) is 0 Å². The number of hydrogen-bond acceptors (Lipinski definition) is 2. The van der Waals surface area contributed by atoms with Crippen LogP contribution in [0.15, 0.2) is 48.6 Å². The Hall–Kier alpha value is -2.10. The number of hydrogen-bond donors (Lipinski definition) is 2. The van der Waals surface area contributed by atoms with Crippen molar-refractivity contribution in [3.05, 3.63) is 48.6 Å². The van der Waals surface area contributed by atoms with Gasteiger partial charge < -0.3 is 10.2 Å². The van der Waals surface area contributed by atoms with Gasteiger partial charge in [-0.15, -0.1) is 0 Å². The van der Waals surface area contributed by atoms with Crippen LogP contribution in [-0.2, 0) is 9.59 Å². The largest absolute Gasteiger partial charge is 0.481 e. The lowest BCUT2D eigenvalue weighted by atomic mass is 10.1. The van der Waals surface area contributed by atoms with Gasteiger partial charge in [-0.05, 0) is 77.0 Å². The van der Waals surface area contributed by atoms with Crippen molar-refractivity contribution in [1.82, 2.24) is 0 Å². The van der Waals surface area contributed by atoms with Crippen molar-refractivity contribution in [2.24, 2.45) is 0 Å². The molecule has 0 aliphatic rings. The zero-order valence-corrected chi connectivity index (χ0v) is 26.1. The van der Waals surface area contributed by atoms with Crippen LogP contribution >= 0.6 is 0 Å². The molecule has 0 fully saturated rings. The molecule has 40 heavy (non-hydrogen) atoms. The standard InChI is InChI=1S/2C18H32O2/c2*1-2-3-4-5-6-7-8-9-10-11-12-13-14-15-16-17-18(19)20/h2*6-7,9-10H,2-5,8,11-17H2,1H3,(H,19,20)/b2*7-6-,10-9-/i8D2;. The molecule has 0 aromatic carbocycles. The smallest absolute Gasteiger partial charge is 0.303 e. The fourth-order valence-corrected chi connectivity index (χ4v) is 4.03. The second-order valence-corrected chi connectivity index (χ2v) is 10.5. The maximum Gasteiger partial charge on any atom is 0.303 e. The Morgan fingerprint density at radius 1 is 0.475 bits per heavy atom. The molecule has 232 valence electrons. The highest BCUT2D eigenvalue weighted by Crippen LogP contribution is 2.09. The molecule has 0 bridgehead atoms. The van der Waals surface area contributed by atoms with Crippen molar-refractivity contribution >= 4 is 11.9 Å². The van der Waals surface area contributed by atoms with Gasteiger partial charge in [0.15, 0.2) is 0 Å². The number of allylic oxidation sites excluding steroid dienone is 8. The molecule has 0 rings (SSSR count). The van der Waals surface area contributed by atoms with E-state index in [9.17, 15) is 9.59 Å². The number of carboxylic acids is 2. The molecule has 4 nitrogen and oxygen atoms in total. The molecule has 4 heteroatoms. The van der Waals surface area contributed by atoms with Crippen LogP contribution in [-0.4, -0.2) is 22.2 Å². The first kappa shape index (κ1) is 35.9. The predicted octanol–water partition coefficient (Wildman–Crippen LogP) is 11.8. The third kappa shape index (κ3) is 43.0. The van der Waals surface area contributed by atoms with E-state index in [-0.39, 0.29) is 6.42 Å². The summed E-state index contributed by atoms with van der Waals surface area (Å²) in [7, 11) is 0. The molecular formula is C36H64O4. The Morgan fingerprint density at radius 3 is 1.18 bits per heavy atom. The summed E-state index contributed by atoms with van der Waals surface area (Å²) in [6.45, 7) is 4.40. The lowest BCUT2D eigenvalue weighted by Gasteiger charge is -1.98. The average Bonchev–Trinajstić information content (AvgIpc) is 2.94. The third-order valence-electron chi connectivity index (χ3n) is 6.51. The Balaban J connectivity index is 0. The molecule has 0 amide bonds. The summed E-state index contributed by atoms with van der Waals surface area (Å²) < 4.78 is 15.7. The predicted molar refractivity (Wildman–Crippen MR) is 174 cm³/mol. The Labute approximate surface area is 250 Å². The summed E-state index contributed by atoms with van der Waals surface area (Å²) in [5.41, 5.74) is 0. The monoisotopic (exact) mass is 562 g/mol. The SMILES string of the molecule is CCCCC/C=C\C/C=C\CCCCCCCC(=O)O.[2H]C([2H])(/C=C\CCCCC)/C=C\CCCCCCCC(=O)O. The van der Waals surface area contributed by atoms with Crippen LogP contribution in [0.1, 0.15) is 171 Å². The molecule has 0 heterocycles. The molecule has 2 N–H and O–H groups in total. The van der Waals surface area contributed by atoms with Gasteiger partial charge >= 0.3 is 11.9 Å². The van der Waals surface area contributed by atoms with E-state index < -0.39 is 18.3 Å². The number of carbonyl (C=O) groups is 2. The van der Waals surface area contributed by atoms with E-state index >= 15 is 0 Å². The van der Waals surface area contributed by atoms with Crippen molar-refractivity contribution in [2.75, 3.05) is 0 Å². The number of rotatable bonds is 28. The number of aliphatic carboxylic acids is 2. The van der Waals surface area contributed by atoms with E-state index in [0.717, 1.165) is 77.0 Å². The molecule has 0 saturated carbocycles. The van der Waals surface area contributed by atoms with Gasteiger partial charge in [-0.1, -0.05) is 127 Å². The summed E-state index contributed by atoms with van der Waals surface area (Å²) in [5, 5.41) is 17.0. The van der Waals surface area contributed by atoms with Crippen LogP contribution in [0.3, 0.4) is 0 Å². The minimum Gasteiger partial charge on any atom is -0.481 e. The molecular weight excluding hydrogens is 496 g/mol. The van der Waals surface area contributed by atoms with E-state index in [1.165, 1.54) is 57.8 Å². The van der Waals surface area contributed by atoms with E-state index in [1.54, 1.807) is 12.2 Å². The van der Waals surface area contributed by atoms with Crippen molar-refractivity contribution < 1.29 is 22.5 Å². The van der Waals surface area contributed by atoms with Crippen molar-refractivity contribution in [1.29, 1.82) is 0 Å². The van der Waals surface area contributed by atoms with Crippen LogP contribution in [0.5, 0.6) is 0 Å². The quantitative estimate of drug-likeness (QED) is 0.0734. The van der Waals surface area contributed by atoms with Gasteiger partial charge in [0.05, 0.1) is 0 Å². The molecule has 0 aliphatic carbocycles. The number of unbranched alkanes of at least 4 members (excludes halogenated alkanes) is 16. The first-order valence-corrected chi connectivity index (χ1v) is 16.3. The van der Waals surface area contributed by atoms with Crippen LogP contribution in [0, 0.1) is 0 Å². The molecule has 0 saturated heterocycles. The zero-order valence-electron chi connectivity index (χ0n) is 28.1. The fourth-order valence-electron chi connectivity index (χ4n) is 4.03. The van der Waals surface area contributed by atoms with Crippen molar-refractivity contribution in [2.45, 2.75) is 168 Å². The minimum absolute atomic E-state index is 0.269. The first-order chi connectivity index (χ1) is 20.2. The average molecular weight is 563 g/mol. The maximum atomic E-state index is 10.3. The van der Waals surface area contributed by atoms with Crippen LogP contribution in [0.2, 0.25) is 0 Å². The van der Waals surface area contributed by atoms with E-state index in [2.05, 4.69) is 38.2 Å². The van der Waals surface area contributed by atoms with Gasteiger partial charge in [0.1, 0.15) is 0 Å². The summed E-state index contributed by atoms with van der Waals surface area (Å²) in [6, 6.07) is 0. The minimum atomic E-state index is -1.34. The van der Waals surface area contributed by atoms with E-state index in [1.807, 2.05) is 12.2 Å². The Bertz CT molecular complexity index is 726. The molecule has 0 radical (unpaired) electrons. The van der Waals surface area contributed by atoms with E-state index in [0.29, 0.717) is 6.42 Å². The highest BCUT2D eigenvalue weighted by Gasteiger charge is 1.96. The zero-order chi connectivity index (χ0) is 31.6. The molecule has 0 spiro atoms. The lowest BCUT2D eigenvalue weighted by molar-refractivity contribution is -0.138. The fraction of sp³-hybridized carbons (Fsp3) is 0.722. The number of carboxylic acid groups (broad SMARTS) is 2. The van der Waals surface area contributed by atoms with Gasteiger partial charge in [0, 0.05) is 15.6 Å². The van der Waals surface area contributed by atoms with Crippen molar-refractivity contribution in [3.63, 3.8) is 0 Å². The van der Waals surface area contributed by atoms with Crippen LogP contribution in [0.25, 0.3) is 0 Å². The first-order valence-electron chi connectivity index (χ1n) is 17.3. The Kier molecular flexibility index (Phi) is 33.1. The highest BCUT2D eigenvalue weighted by atomic mass is 16.4. The molecule has 0 aromatic rings. The maximum absolute atomic E-state index is 10.3. The summed E-state index contributed by atoms with van der Waals surface area (Å²) in [5.74, 6) is -1.39. The van der Waals surface area contributed by atoms with Gasteiger partial charge in [0.25, 0.3) is 0 Å². The molecule has 0 aliphatic heterocycles. The topological polar surface area (TPSA) is 74.6 Å².